The number of aliphatic carboxylic acids is 1. The zero-order valence-corrected chi connectivity index (χ0v) is 18.9. The molecule has 0 saturated carbocycles. The Morgan fingerprint density at radius 2 is 1.77 bits per heavy atom. The number of carbonyl (C=O) groups is 3. The molecule has 0 aliphatic carbocycles. The highest BCUT2D eigenvalue weighted by atomic mass is 35.5. The van der Waals surface area contributed by atoms with Crippen LogP contribution in [0.1, 0.15) is 38.7 Å². The number of hydrogen-bond acceptors (Lipinski definition) is 5. The zero-order valence-electron chi connectivity index (χ0n) is 17.4. The van der Waals surface area contributed by atoms with Crippen molar-refractivity contribution in [1.82, 2.24) is 15.8 Å². The van der Waals surface area contributed by atoms with E-state index < -0.39 is 30.2 Å². The van der Waals surface area contributed by atoms with Crippen LogP contribution in [0.2, 0.25) is 10.0 Å². The number of hydrogen-bond donors (Lipinski definition) is 5. The van der Waals surface area contributed by atoms with E-state index in [1.54, 1.807) is 32.0 Å². The minimum absolute atomic E-state index is 0.0625. The number of amides is 2. The van der Waals surface area contributed by atoms with Gasteiger partial charge in [-0.25, -0.2) is 10.2 Å². The number of nitrogens with one attached hydrogen (secondary N) is 2. The molecule has 172 valence electrons. The van der Waals surface area contributed by atoms with Crippen LogP contribution in [0.4, 0.5) is 0 Å². The van der Waals surface area contributed by atoms with E-state index in [4.69, 9.17) is 34.7 Å². The molecule has 1 aromatic carbocycles. The third kappa shape index (κ3) is 10.3. The van der Waals surface area contributed by atoms with Gasteiger partial charge in [-0.2, -0.15) is 0 Å². The molecule has 0 spiro atoms. The fourth-order valence-corrected chi connectivity index (χ4v) is 3.28. The molecule has 0 radical (unpaired) electrons. The first-order chi connectivity index (χ1) is 14.5. The molecule has 10 nitrogen and oxygen atoms in total. The van der Waals surface area contributed by atoms with Gasteiger partial charge in [0.25, 0.3) is 0 Å². The van der Waals surface area contributed by atoms with Crippen LogP contribution in [-0.4, -0.2) is 52.5 Å². The number of rotatable bonds is 12. The summed E-state index contributed by atoms with van der Waals surface area (Å²) in [6.45, 7) is 3.78. The molecule has 7 N–H and O–H groups in total. The van der Waals surface area contributed by atoms with Crippen molar-refractivity contribution in [3.05, 3.63) is 33.8 Å². The molecule has 2 amide bonds. The Morgan fingerprint density at radius 3 is 2.29 bits per heavy atom. The zero-order chi connectivity index (χ0) is 23.6. The summed E-state index contributed by atoms with van der Waals surface area (Å²) in [4.78, 5) is 40.6. The summed E-state index contributed by atoms with van der Waals surface area (Å²) >= 11 is 12.0. The molecule has 1 rings (SSSR count). The van der Waals surface area contributed by atoms with Crippen LogP contribution in [0.3, 0.4) is 0 Å². The SMILES string of the molecule is CC(C)NC(=O)CC(=O)N(NCc1cc(Cl)cc(Cl)c1)[C@@H](CCCN=C(N)N)C(=O)O. The minimum Gasteiger partial charge on any atom is -0.480 e. The van der Waals surface area contributed by atoms with Crippen molar-refractivity contribution < 1.29 is 19.5 Å². The average Bonchev–Trinajstić information content (AvgIpc) is 2.61. The predicted octanol–water partition coefficient (Wildman–Crippen LogP) is 1.25. The van der Waals surface area contributed by atoms with E-state index in [9.17, 15) is 19.5 Å². The number of aliphatic imine (C=N–C) groups is 1. The topological polar surface area (TPSA) is 163 Å². The molecule has 0 fully saturated rings. The van der Waals surface area contributed by atoms with Crippen molar-refractivity contribution in [3.8, 4) is 0 Å². The third-order valence-corrected chi connectivity index (χ3v) is 4.37. The number of carboxylic acid groups (broad SMARTS) is 1. The van der Waals surface area contributed by atoms with Crippen LogP contribution in [0.5, 0.6) is 0 Å². The molecule has 0 unspecified atom stereocenters. The van der Waals surface area contributed by atoms with Gasteiger partial charge in [-0.15, -0.1) is 0 Å². The Bertz CT molecular complexity index is 794. The Kier molecular flexibility index (Phi) is 11.1. The van der Waals surface area contributed by atoms with Gasteiger partial charge in [0.1, 0.15) is 12.5 Å². The number of benzene rings is 1. The summed E-state index contributed by atoms with van der Waals surface area (Å²) in [6, 6.07) is 3.40. The highest BCUT2D eigenvalue weighted by molar-refractivity contribution is 6.34. The Labute approximate surface area is 190 Å². The minimum atomic E-state index is -1.25. The number of halogens is 2. The van der Waals surface area contributed by atoms with E-state index >= 15 is 0 Å². The molecular weight excluding hydrogens is 447 g/mol. The van der Waals surface area contributed by atoms with E-state index in [2.05, 4.69) is 15.7 Å². The molecule has 0 bridgehead atoms. The quantitative estimate of drug-likeness (QED) is 0.0998. The molecule has 1 aromatic rings. The second-order valence-electron chi connectivity index (χ2n) is 7.08. The molecule has 0 aliphatic heterocycles. The number of carbonyl (C=O) groups excluding carboxylic acids is 2. The van der Waals surface area contributed by atoms with Crippen molar-refractivity contribution in [3.63, 3.8) is 0 Å². The summed E-state index contributed by atoms with van der Waals surface area (Å²) in [6.07, 6.45) is -0.145. The predicted molar refractivity (Wildman–Crippen MR) is 119 cm³/mol. The van der Waals surface area contributed by atoms with Gasteiger partial charge in [0.15, 0.2) is 5.96 Å². The third-order valence-electron chi connectivity index (χ3n) is 3.93. The fraction of sp³-hybridized carbons (Fsp3) is 0.474. The van der Waals surface area contributed by atoms with Gasteiger partial charge >= 0.3 is 5.97 Å². The second kappa shape index (κ2) is 13.0. The molecular formula is C19H28Cl2N6O4. The average molecular weight is 475 g/mol. The van der Waals surface area contributed by atoms with E-state index in [-0.39, 0.29) is 31.5 Å². The molecule has 0 aliphatic rings. The number of hydrazine groups is 1. The number of guanidine groups is 1. The lowest BCUT2D eigenvalue weighted by molar-refractivity contribution is -0.155. The lowest BCUT2D eigenvalue weighted by Gasteiger charge is -2.29. The maximum atomic E-state index is 12.8. The summed E-state index contributed by atoms with van der Waals surface area (Å²) in [5, 5.41) is 14.1. The summed E-state index contributed by atoms with van der Waals surface area (Å²) in [5.41, 5.74) is 14.0. The van der Waals surface area contributed by atoms with Gasteiger partial charge in [-0.3, -0.25) is 19.6 Å². The van der Waals surface area contributed by atoms with Crippen LogP contribution in [-0.2, 0) is 20.9 Å². The van der Waals surface area contributed by atoms with Gasteiger partial charge in [0.05, 0.1) is 0 Å². The summed E-state index contributed by atoms with van der Waals surface area (Å²) in [5.74, 6) is -2.55. The largest absolute Gasteiger partial charge is 0.480 e. The first kappa shape index (κ1) is 26.5. The molecule has 0 heterocycles. The van der Waals surface area contributed by atoms with Crippen molar-refractivity contribution in [2.24, 2.45) is 16.5 Å². The van der Waals surface area contributed by atoms with Crippen molar-refractivity contribution in [2.75, 3.05) is 6.54 Å². The highest BCUT2D eigenvalue weighted by Crippen LogP contribution is 2.19. The maximum Gasteiger partial charge on any atom is 0.328 e. The first-order valence-corrected chi connectivity index (χ1v) is 10.3. The maximum absolute atomic E-state index is 12.8. The van der Waals surface area contributed by atoms with Crippen LogP contribution >= 0.6 is 23.2 Å². The van der Waals surface area contributed by atoms with Crippen molar-refractivity contribution in [1.29, 1.82) is 0 Å². The van der Waals surface area contributed by atoms with Gasteiger partial charge in [0.2, 0.25) is 11.8 Å². The second-order valence-corrected chi connectivity index (χ2v) is 7.95. The van der Waals surface area contributed by atoms with Crippen LogP contribution in [0.25, 0.3) is 0 Å². The van der Waals surface area contributed by atoms with E-state index in [0.29, 0.717) is 22.0 Å². The Hall–Kier alpha value is -2.56. The summed E-state index contributed by atoms with van der Waals surface area (Å²) in [7, 11) is 0. The molecule has 31 heavy (non-hydrogen) atoms. The summed E-state index contributed by atoms with van der Waals surface area (Å²) < 4.78 is 0. The number of nitrogens with zero attached hydrogens (tertiary/aromatic N) is 2. The fourth-order valence-electron chi connectivity index (χ4n) is 2.71. The van der Waals surface area contributed by atoms with Gasteiger partial charge in [0, 0.05) is 29.2 Å². The smallest absolute Gasteiger partial charge is 0.328 e. The van der Waals surface area contributed by atoms with Gasteiger partial charge in [-0.05, 0) is 50.5 Å². The van der Waals surface area contributed by atoms with Crippen LogP contribution in [0, 0.1) is 0 Å². The van der Waals surface area contributed by atoms with Crippen molar-refractivity contribution >= 4 is 46.9 Å². The lowest BCUT2D eigenvalue weighted by atomic mass is 10.1. The number of carboxylic acids is 1. The first-order valence-electron chi connectivity index (χ1n) is 9.57. The number of nitrogens with two attached hydrogens (primary N) is 2. The highest BCUT2D eigenvalue weighted by Gasteiger charge is 2.30. The van der Waals surface area contributed by atoms with Gasteiger partial charge < -0.3 is 21.9 Å². The van der Waals surface area contributed by atoms with Crippen LogP contribution in [0.15, 0.2) is 23.2 Å². The van der Waals surface area contributed by atoms with E-state index in [1.807, 2.05) is 0 Å². The van der Waals surface area contributed by atoms with E-state index in [1.165, 1.54) is 0 Å². The monoisotopic (exact) mass is 474 g/mol. The standard InChI is InChI=1S/C19H28Cl2N6O4/c1-11(2)26-16(28)9-17(29)27(15(18(30)31)4-3-5-24-19(22)23)25-10-12-6-13(20)8-14(21)7-12/h6-8,11,15,25H,3-5,9-10H2,1-2H3,(H,26,28)(H,30,31)(H4,22,23,24)/t15-/m0/s1. The molecule has 12 heteroatoms. The lowest BCUT2D eigenvalue weighted by Crippen LogP contribution is -2.53. The molecule has 1 atom stereocenters. The Balaban J connectivity index is 3.01. The van der Waals surface area contributed by atoms with Crippen molar-refractivity contribution in [2.45, 2.75) is 51.7 Å². The molecule has 0 aromatic heterocycles. The van der Waals surface area contributed by atoms with Gasteiger partial charge in [-0.1, -0.05) is 23.2 Å². The molecule has 0 saturated heterocycles. The Morgan fingerprint density at radius 1 is 1.16 bits per heavy atom. The normalized spacial score (nSPS) is 11.6. The van der Waals surface area contributed by atoms with Crippen LogP contribution < -0.4 is 22.2 Å². The van der Waals surface area contributed by atoms with E-state index in [0.717, 1.165) is 5.01 Å².